The van der Waals surface area contributed by atoms with Crippen LogP contribution >= 0.6 is 0 Å². The highest BCUT2D eigenvalue weighted by Crippen LogP contribution is 2.22. The lowest BCUT2D eigenvalue weighted by molar-refractivity contribution is 0.0841. The second kappa shape index (κ2) is 8.39. The molecule has 0 saturated carbocycles. The maximum absolute atomic E-state index is 13.0. The molecule has 132 valence electrons. The minimum absolute atomic E-state index is 0.0746. The molecule has 1 heterocycles. The zero-order valence-electron chi connectivity index (χ0n) is 14.9. The predicted molar refractivity (Wildman–Crippen MR) is 99.4 cm³/mol. The molecule has 0 amide bonds. The molecule has 0 aromatic heterocycles. The fraction of sp³-hybridized carbons (Fsp3) is 0.409. The van der Waals surface area contributed by atoms with E-state index in [1.54, 1.807) is 12.1 Å². The Labute approximate surface area is 149 Å². The minimum Gasteiger partial charge on any atom is -0.303 e. The van der Waals surface area contributed by atoms with Gasteiger partial charge in [0.2, 0.25) is 0 Å². The number of carbonyl (C=O) groups excluding carboxylic acids is 1. The van der Waals surface area contributed by atoms with Crippen molar-refractivity contribution in [2.24, 2.45) is 5.92 Å². The Kier molecular flexibility index (Phi) is 5.98. The molecule has 0 bridgehead atoms. The van der Waals surface area contributed by atoms with Crippen LogP contribution in [0.1, 0.15) is 41.3 Å². The van der Waals surface area contributed by atoms with E-state index >= 15 is 0 Å². The van der Waals surface area contributed by atoms with Crippen molar-refractivity contribution in [2.75, 3.05) is 19.6 Å². The molecule has 1 aliphatic heterocycles. The van der Waals surface area contributed by atoms with Gasteiger partial charge in [0, 0.05) is 18.0 Å². The molecular formula is C22H26FNO. The molecular weight excluding hydrogens is 313 g/mol. The van der Waals surface area contributed by atoms with Gasteiger partial charge in [-0.05, 0) is 74.2 Å². The standard InChI is InChI=1S/C22H26FNO/c1-2-17-3-5-18(6-4-17)11-14-24-15-12-20(13-16-24)22(25)19-7-9-21(23)10-8-19/h3-10,20H,2,11-16H2,1H3. The molecule has 2 aromatic rings. The van der Waals surface area contributed by atoms with Crippen LogP contribution in [0.5, 0.6) is 0 Å². The van der Waals surface area contributed by atoms with Gasteiger partial charge in [-0.1, -0.05) is 31.2 Å². The number of Topliss-reactive ketones (excluding diaryl/α,β-unsaturated/α-hetero) is 1. The molecule has 0 N–H and O–H groups in total. The van der Waals surface area contributed by atoms with E-state index in [-0.39, 0.29) is 17.5 Å². The van der Waals surface area contributed by atoms with Crippen molar-refractivity contribution in [2.45, 2.75) is 32.6 Å². The fourth-order valence-corrected chi connectivity index (χ4v) is 3.50. The van der Waals surface area contributed by atoms with E-state index in [0.29, 0.717) is 5.56 Å². The Balaban J connectivity index is 1.46. The molecule has 3 rings (SSSR count). The van der Waals surface area contributed by atoms with Crippen molar-refractivity contribution in [3.8, 4) is 0 Å². The third-order valence-electron chi connectivity index (χ3n) is 5.24. The van der Waals surface area contributed by atoms with Gasteiger partial charge in [0.05, 0.1) is 0 Å². The third kappa shape index (κ3) is 4.76. The Hall–Kier alpha value is -2.00. The molecule has 2 aromatic carbocycles. The van der Waals surface area contributed by atoms with Gasteiger partial charge in [0.25, 0.3) is 0 Å². The normalized spacial score (nSPS) is 16.1. The lowest BCUT2D eigenvalue weighted by atomic mass is 9.89. The molecule has 0 spiro atoms. The Morgan fingerprint density at radius 2 is 1.60 bits per heavy atom. The molecule has 3 heteroatoms. The first kappa shape index (κ1) is 17.8. The van der Waals surface area contributed by atoms with Gasteiger partial charge in [0.15, 0.2) is 5.78 Å². The van der Waals surface area contributed by atoms with Gasteiger partial charge in [0.1, 0.15) is 5.82 Å². The van der Waals surface area contributed by atoms with E-state index in [9.17, 15) is 9.18 Å². The van der Waals surface area contributed by atoms with Crippen molar-refractivity contribution >= 4 is 5.78 Å². The van der Waals surface area contributed by atoms with Crippen LogP contribution in [0.3, 0.4) is 0 Å². The number of benzene rings is 2. The highest BCUT2D eigenvalue weighted by Gasteiger charge is 2.25. The number of ketones is 1. The summed E-state index contributed by atoms with van der Waals surface area (Å²) in [6.45, 7) is 5.14. The van der Waals surface area contributed by atoms with Crippen LogP contribution in [-0.2, 0) is 12.8 Å². The molecule has 0 unspecified atom stereocenters. The number of hydrogen-bond donors (Lipinski definition) is 0. The lowest BCUT2D eigenvalue weighted by Crippen LogP contribution is -2.37. The molecule has 1 fully saturated rings. The smallest absolute Gasteiger partial charge is 0.166 e. The zero-order chi connectivity index (χ0) is 17.6. The number of aryl methyl sites for hydroxylation is 1. The van der Waals surface area contributed by atoms with E-state index in [1.807, 2.05) is 0 Å². The fourth-order valence-electron chi connectivity index (χ4n) is 3.50. The van der Waals surface area contributed by atoms with E-state index in [0.717, 1.165) is 45.3 Å². The summed E-state index contributed by atoms with van der Waals surface area (Å²) in [6.07, 6.45) is 3.92. The molecule has 1 saturated heterocycles. The number of nitrogens with zero attached hydrogens (tertiary/aromatic N) is 1. The number of likely N-dealkylation sites (tertiary alicyclic amines) is 1. The van der Waals surface area contributed by atoms with Gasteiger partial charge in [-0.2, -0.15) is 0 Å². The van der Waals surface area contributed by atoms with E-state index < -0.39 is 0 Å². The van der Waals surface area contributed by atoms with Gasteiger partial charge in [-0.3, -0.25) is 4.79 Å². The van der Waals surface area contributed by atoms with Crippen molar-refractivity contribution in [1.82, 2.24) is 4.90 Å². The van der Waals surface area contributed by atoms with Gasteiger partial charge < -0.3 is 4.90 Å². The van der Waals surface area contributed by atoms with Crippen LogP contribution in [0, 0.1) is 11.7 Å². The quantitative estimate of drug-likeness (QED) is 0.721. The maximum Gasteiger partial charge on any atom is 0.166 e. The van der Waals surface area contributed by atoms with Gasteiger partial charge in [-0.25, -0.2) is 4.39 Å². The highest BCUT2D eigenvalue weighted by atomic mass is 19.1. The number of piperidine rings is 1. The summed E-state index contributed by atoms with van der Waals surface area (Å²) in [7, 11) is 0. The second-order valence-electron chi connectivity index (χ2n) is 6.91. The number of carbonyl (C=O) groups is 1. The Morgan fingerprint density at radius 1 is 1.00 bits per heavy atom. The summed E-state index contributed by atoms with van der Waals surface area (Å²) in [6, 6.07) is 14.8. The van der Waals surface area contributed by atoms with Crippen LogP contribution in [-0.4, -0.2) is 30.3 Å². The summed E-state index contributed by atoms with van der Waals surface area (Å²) in [5, 5.41) is 0. The van der Waals surface area contributed by atoms with E-state index in [1.165, 1.54) is 23.3 Å². The molecule has 0 radical (unpaired) electrons. The average Bonchev–Trinajstić information content (AvgIpc) is 2.67. The highest BCUT2D eigenvalue weighted by molar-refractivity contribution is 5.97. The molecule has 1 aliphatic rings. The number of rotatable bonds is 6. The minimum atomic E-state index is -0.293. The van der Waals surface area contributed by atoms with Gasteiger partial charge in [-0.15, -0.1) is 0 Å². The first-order chi connectivity index (χ1) is 12.2. The molecule has 25 heavy (non-hydrogen) atoms. The summed E-state index contributed by atoms with van der Waals surface area (Å²) >= 11 is 0. The molecule has 0 atom stereocenters. The van der Waals surface area contributed by atoms with Crippen LogP contribution in [0.15, 0.2) is 48.5 Å². The van der Waals surface area contributed by atoms with Crippen LogP contribution in [0.25, 0.3) is 0 Å². The molecule has 2 nitrogen and oxygen atoms in total. The van der Waals surface area contributed by atoms with Crippen molar-refractivity contribution in [3.05, 3.63) is 71.0 Å². The van der Waals surface area contributed by atoms with Crippen LogP contribution in [0.2, 0.25) is 0 Å². The number of hydrogen-bond acceptors (Lipinski definition) is 2. The predicted octanol–water partition coefficient (Wildman–Crippen LogP) is 4.53. The largest absolute Gasteiger partial charge is 0.303 e. The first-order valence-corrected chi connectivity index (χ1v) is 9.25. The summed E-state index contributed by atoms with van der Waals surface area (Å²) in [5.74, 6) is -0.0568. The molecule has 0 aliphatic carbocycles. The summed E-state index contributed by atoms with van der Waals surface area (Å²) in [4.78, 5) is 15.0. The monoisotopic (exact) mass is 339 g/mol. The zero-order valence-corrected chi connectivity index (χ0v) is 14.9. The number of halogens is 1. The third-order valence-corrected chi connectivity index (χ3v) is 5.24. The Morgan fingerprint density at radius 3 is 2.20 bits per heavy atom. The SMILES string of the molecule is CCc1ccc(CCN2CCC(C(=O)c3ccc(F)cc3)CC2)cc1. The van der Waals surface area contributed by atoms with Crippen molar-refractivity contribution in [1.29, 1.82) is 0 Å². The first-order valence-electron chi connectivity index (χ1n) is 9.25. The average molecular weight is 339 g/mol. The maximum atomic E-state index is 13.0. The summed E-state index contributed by atoms with van der Waals surface area (Å²) in [5.41, 5.74) is 3.39. The van der Waals surface area contributed by atoms with Gasteiger partial charge >= 0.3 is 0 Å². The van der Waals surface area contributed by atoms with Crippen LogP contribution in [0.4, 0.5) is 4.39 Å². The lowest BCUT2D eigenvalue weighted by Gasteiger charge is -2.31. The Bertz CT molecular complexity index is 685. The van der Waals surface area contributed by atoms with Crippen molar-refractivity contribution in [3.63, 3.8) is 0 Å². The van der Waals surface area contributed by atoms with E-state index in [4.69, 9.17) is 0 Å². The van der Waals surface area contributed by atoms with Crippen molar-refractivity contribution < 1.29 is 9.18 Å². The van der Waals surface area contributed by atoms with E-state index in [2.05, 4.69) is 36.1 Å². The topological polar surface area (TPSA) is 20.3 Å². The second-order valence-corrected chi connectivity index (χ2v) is 6.91. The van der Waals surface area contributed by atoms with Crippen LogP contribution < -0.4 is 0 Å². The summed E-state index contributed by atoms with van der Waals surface area (Å²) < 4.78 is 13.0.